The third kappa shape index (κ3) is 3.71. The molecule has 0 amide bonds. The Kier molecular flexibility index (Phi) is 5.25. The number of hydrogen-bond acceptors (Lipinski definition) is 3. The molecule has 0 bridgehead atoms. The van der Waals surface area contributed by atoms with E-state index in [0.29, 0.717) is 12.0 Å². The first kappa shape index (κ1) is 14.8. The van der Waals surface area contributed by atoms with Gasteiger partial charge in [-0.05, 0) is 54.0 Å². The minimum atomic E-state index is 0.544. The topological polar surface area (TPSA) is 32.5 Å². The maximum atomic E-state index is 5.77. The lowest BCUT2D eigenvalue weighted by Gasteiger charge is -2.30. The molecule has 2 atom stereocenters. The fraction of sp³-hybridized carbons (Fsp3) is 0.600. The van der Waals surface area contributed by atoms with Crippen LogP contribution in [-0.2, 0) is 0 Å². The van der Waals surface area contributed by atoms with E-state index in [1.54, 1.807) is 0 Å². The normalized spacial score (nSPS) is 25.4. The Balaban J connectivity index is 2.21. The van der Waals surface area contributed by atoms with Gasteiger partial charge in [-0.3, -0.25) is 0 Å². The van der Waals surface area contributed by atoms with Crippen LogP contribution in [0.4, 0.5) is 5.69 Å². The number of anilines is 1. The van der Waals surface area contributed by atoms with Crippen LogP contribution in [0.5, 0.6) is 0 Å². The minimum Gasteiger partial charge on any atom is -0.369 e. The Morgan fingerprint density at radius 1 is 1.26 bits per heavy atom. The van der Waals surface area contributed by atoms with Gasteiger partial charge in [0.1, 0.15) is 0 Å². The van der Waals surface area contributed by atoms with Crippen molar-refractivity contribution in [2.24, 2.45) is 11.7 Å². The molecule has 1 aliphatic heterocycles. The predicted octanol–water partition coefficient (Wildman–Crippen LogP) is 2.55. The second kappa shape index (κ2) is 6.73. The van der Waals surface area contributed by atoms with Crippen LogP contribution in [0.25, 0.3) is 0 Å². The summed E-state index contributed by atoms with van der Waals surface area (Å²) in [6.07, 6.45) is 1.06. The monoisotopic (exact) mass is 325 g/mol. The highest BCUT2D eigenvalue weighted by atomic mass is 79.9. The molecule has 2 unspecified atom stereocenters. The van der Waals surface area contributed by atoms with Crippen molar-refractivity contribution in [3.8, 4) is 0 Å². The molecule has 0 aromatic heterocycles. The summed E-state index contributed by atoms with van der Waals surface area (Å²) in [5, 5.41) is 0. The molecule has 1 aromatic carbocycles. The Bertz CT molecular complexity index is 410. The van der Waals surface area contributed by atoms with Gasteiger partial charge in [-0.25, -0.2) is 0 Å². The molecule has 0 saturated carbocycles. The lowest BCUT2D eigenvalue weighted by Crippen LogP contribution is -2.40. The van der Waals surface area contributed by atoms with E-state index in [1.807, 2.05) is 0 Å². The van der Waals surface area contributed by atoms with Crippen molar-refractivity contribution >= 4 is 21.6 Å². The van der Waals surface area contributed by atoms with Crippen LogP contribution in [0.15, 0.2) is 28.7 Å². The highest BCUT2D eigenvalue weighted by Gasteiger charge is 2.26. The molecule has 106 valence electrons. The summed E-state index contributed by atoms with van der Waals surface area (Å²) in [5.41, 5.74) is 7.06. The highest BCUT2D eigenvalue weighted by Crippen LogP contribution is 2.28. The number of benzene rings is 1. The fourth-order valence-electron chi connectivity index (χ4n) is 2.95. The minimum absolute atomic E-state index is 0.544. The average molecular weight is 326 g/mol. The quantitative estimate of drug-likeness (QED) is 0.927. The van der Waals surface area contributed by atoms with Crippen LogP contribution in [0.1, 0.15) is 13.3 Å². The standard InChI is InChI=1S/C15H24BrN3/c1-12-9-18(2)13(7-8-17)11-19(10-12)15-6-4-3-5-14(15)16/h3-6,12-13H,7-11,17H2,1-2H3. The van der Waals surface area contributed by atoms with E-state index in [2.05, 4.69) is 64.0 Å². The van der Waals surface area contributed by atoms with Gasteiger partial charge in [-0.15, -0.1) is 0 Å². The van der Waals surface area contributed by atoms with Gasteiger partial charge in [-0.1, -0.05) is 19.1 Å². The zero-order valence-corrected chi connectivity index (χ0v) is 13.4. The highest BCUT2D eigenvalue weighted by molar-refractivity contribution is 9.10. The maximum Gasteiger partial charge on any atom is 0.0511 e. The van der Waals surface area contributed by atoms with Gasteiger partial charge in [0.2, 0.25) is 0 Å². The number of likely N-dealkylation sites (N-methyl/N-ethyl adjacent to an activating group) is 1. The first-order valence-corrected chi connectivity index (χ1v) is 7.81. The molecule has 1 heterocycles. The molecule has 1 fully saturated rings. The molecule has 3 nitrogen and oxygen atoms in total. The molecule has 1 aromatic rings. The Morgan fingerprint density at radius 3 is 2.68 bits per heavy atom. The van der Waals surface area contributed by atoms with Crippen LogP contribution < -0.4 is 10.6 Å². The third-order valence-corrected chi connectivity index (χ3v) is 4.55. The summed E-state index contributed by atoms with van der Waals surface area (Å²) < 4.78 is 1.18. The molecule has 19 heavy (non-hydrogen) atoms. The van der Waals surface area contributed by atoms with Crippen molar-refractivity contribution in [3.05, 3.63) is 28.7 Å². The number of rotatable bonds is 3. The molecule has 0 aliphatic carbocycles. The zero-order valence-electron chi connectivity index (χ0n) is 11.8. The number of halogens is 1. The van der Waals surface area contributed by atoms with Crippen LogP contribution in [-0.4, -0.2) is 44.2 Å². The van der Waals surface area contributed by atoms with E-state index in [-0.39, 0.29) is 0 Å². The van der Waals surface area contributed by atoms with E-state index in [4.69, 9.17) is 5.73 Å². The predicted molar refractivity (Wildman–Crippen MR) is 85.6 cm³/mol. The number of hydrogen-bond donors (Lipinski definition) is 1. The summed E-state index contributed by atoms with van der Waals surface area (Å²) in [6.45, 7) is 6.39. The van der Waals surface area contributed by atoms with Crippen molar-refractivity contribution in [2.45, 2.75) is 19.4 Å². The van der Waals surface area contributed by atoms with Gasteiger partial charge in [-0.2, -0.15) is 0 Å². The van der Waals surface area contributed by atoms with Crippen molar-refractivity contribution in [2.75, 3.05) is 38.1 Å². The number of nitrogens with two attached hydrogens (primary N) is 1. The number of nitrogens with zero attached hydrogens (tertiary/aromatic N) is 2. The lowest BCUT2D eigenvalue weighted by atomic mass is 10.1. The number of para-hydroxylation sites is 1. The van der Waals surface area contributed by atoms with Crippen molar-refractivity contribution in [1.29, 1.82) is 0 Å². The molecular weight excluding hydrogens is 302 g/mol. The summed E-state index contributed by atoms with van der Waals surface area (Å²) in [6, 6.07) is 9.03. The lowest BCUT2D eigenvalue weighted by molar-refractivity contribution is 0.231. The molecule has 2 N–H and O–H groups in total. The average Bonchev–Trinajstić information content (AvgIpc) is 2.50. The van der Waals surface area contributed by atoms with E-state index >= 15 is 0 Å². The largest absolute Gasteiger partial charge is 0.369 e. The van der Waals surface area contributed by atoms with E-state index in [0.717, 1.165) is 32.6 Å². The van der Waals surface area contributed by atoms with Gasteiger partial charge in [0.15, 0.2) is 0 Å². The molecule has 4 heteroatoms. The van der Waals surface area contributed by atoms with Crippen molar-refractivity contribution in [3.63, 3.8) is 0 Å². The Labute approximate surface area is 124 Å². The van der Waals surface area contributed by atoms with Gasteiger partial charge in [0.25, 0.3) is 0 Å². The van der Waals surface area contributed by atoms with Crippen LogP contribution >= 0.6 is 15.9 Å². The molecule has 2 rings (SSSR count). The maximum absolute atomic E-state index is 5.77. The SMILES string of the molecule is CC1CN(c2ccccc2Br)CC(CCN)N(C)C1. The second-order valence-electron chi connectivity index (χ2n) is 5.63. The summed E-state index contributed by atoms with van der Waals surface area (Å²) >= 11 is 3.67. The van der Waals surface area contributed by atoms with Gasteiger partial charge < -0.3 is 15.5 Å². The van der Waals surface area contributed by atoms with Gasteiger partial charge in [0.05, 0.1) is 5.69 Å². The summed E-state index contributed by atoms with van der Waals surface area (Å²) in [4.78, 5) is 4.97. The van der Waals surface area contributed by atoms with E-state index in [1.165, 1.54) is 10.2 Å². The van der Waals surface area contributed by atoms with Crippen LogP contribution in [0.3, 0.4) is 0 Å². The zero-order chi connectivity index (χ0) is 13.8. The fourth-order valence-corrected chi connectivity index (χ4v) is 3.49. The first-order chi connectivity index (χ1) is 9.11. The summed E-state index contributed by atoms with van der Waals surface area (Å²) in [7, 11) is 2.22. The third-order valence-electron chi connectivity index (χ3n) is 3.88. The van der Waals surface area contributed by atoms with Gasteiger partial charge >= 0.3 is 0 Å². The van der Waals surface area contributed by atoms with Crippen molar-refractivity contribution in [1.82, 2.24) is 4.90 Å². The molecule has 0 spiro atoms. The molecule has 0 radical (unpaired) electrons. The smallest absolute Gasteiger partial charge is 0.0511 e. The van der Waals surface area contributed by atoms with Crippen LogP contribution in [0.2, 0.25) is 0 Å². The first-order valence-electron chi connectivity index (χ1n) is 7.01. The van der Waals surface area contributed by atoms with E-state index in [9.17, 15) is 0 Å². The summed E-state index contributed by atoms with van der Waals surface area (Å²) in [5.74, 6) is 0.667. The Morgan fingerprint density at radius 2 is 2.00 bits per heavy atom. The van der Waals surface area contributed by atoms with Gasteiger partial charge in [0, 0.05) is 30.1 Å². The Hall–Kier alpha value is -0.580. The molecular formula is C15H24BrN3. The molecule has 1 saturated heterocycles. The molecule has 1 aliphatic rings. The second-order valence-corrected chi connectivity index (χ2v) is 6.49. The van der Waals surface area contributed by atoms with Crippen molar-refractivity contribution < 1.29 is 0 Å². The van der Waals surface area contributed by atoms with E-state index < -0.39 is 0 Å². The van der Waals surface area contributed by atoms with Crippen LogP contribution in [0, 0.1) is 5.92 Å².